The van der Waals surface area contributed by atoms with Gasteiger partial charge >= 0.3 is 5.97 Å². The number of para-hydroxylation sites is 1. The van der Waals surface area contributed by atoms with Gasteiger partial charge in [0.15, 0.2) is 0 Å². The molecule has 1 aromatic heterocycles. The van der Waals surface area contributed by atoms with E-state index < -0.39 is 17.1 Å². The van der Waals surface area contributed by atoms with E-state index in [1.807, 2.05) is 30.5 Å². The molecule has 0 unspecified atom stereocenters. The summed E-state index contributed by atoms with van der Waals surface area (Å²) in [5.74, 6) is -1.05. The lowest BCUT2D eigenvalue weighted by Crippen LogP contribution is -2.35. The minimum absolute atomic E-state index is 0.297. The van der Waals surface area contributed by atoms with Crippen LogP contribution >= 0.6 is 11.8 Å². The average Bonchev–Trinajstić information content (AvgIpc) is 3.14. The van der Waals surface area contributed by atoms with E-state index in [0.29, 0.717) is 10.9 Å². The molecule has 0 aliphatic carbocycles. The number of fused-ring (bicyclic) bond motifs is 1. The van der Waals surface area contributed by atoms with Crippen LogP contribution in [0.3, 0.4) is 0 Å². The van der Waals surface area contributed by atoms with Crippen LogP contribution in [0.1, 0.15) is 45.7 Å². The minimum Gasteiger partial charge on any atom is -0.462 e. The molecule has 1 atom stereocenters. The quantitative estimate of drug-likeness (QED) is 0.524. The highest BCUT2D eigenvalue weighted by molar-refractivity contribution is 8.18. The summed E-state index contributed by atoms with van der Waals surface area (Å²) in [5, 5.41) is 0.566. The number of benzene rings is 1. The Morgan fingerprint density at radius 1 is 1.21 bits per heavy atom. The summed E-state index contributed by atoms with van der Waals surface area (Å²) in [6, 6.07) is 8.30. The molecular formula is C21H24N2O4S. The van der Waals surface area contributed by atoms with E-state index in [-0.39, 0.29) is 12.6 Å². The molecule has 0 radical (unpaired) electrons. The number of hydrogen-bond acceptors (Lipinski definition) is 5. The Labute approximate surface area is 168 Å². The Hall–Kier alpha value is -2.54. The smallest absolute Gasteiger partial charge is 0.326 e. The van der Waals surface area contributed by atoms with Crippen molar-refractivity contribution >= 4 is 45.9 Å². The molecule has 0 bridgehead atoms. The van der Waals surface area contributed by atoms with Crippen molar-refractivity contribution in [2.75, 3.05) is 6.54 Å². The normalized spacial score (nSPS) is 17.2. The van der Waals surface area contributed by atoms with Gasteiger partial charge in [-0.1, -0.05) is 25.1 Å². The third kappa shape index (κ3) is 3.99. The fourth-order valence-electron chi connectivity index (χ4n) is 3.12. The number of thioether (sulfide) groups is 1. The molecule has 0 N–H and O–H groups in total. The molecular weight excluding hydrogens is 376 g/mol. The lowest BCUT2D eigenvalue weighted by molar-refractivity contribution is -0.149. The van der Waals surface area contributed by atoms with Gasteiger partial charge in [0.1, 0.15) is 6.54 Å². The van der Waals surface area contributed by atoms with Crippen LogP contribution in [0.2, 0.25) is 0 Å². The number of aromatic nitrogens is 1. The van der Waals surface area contributed by atoms with Gasteiger partial charge in [0.25, 0.3) is 11.1 Å². The number of imide groups is 1. The first-order valence-corrected chi connectivity index (χ1v) is 10.2. The summed E-state index contributed by atoms with van der Waals surface area (Å²) in [4.78, 5) is 38.0. The van der Waals surface area contributed by atoms with Crippen molar-refractivity contribution in [1.82, 2.24) is 9.47 Å². The molecule has 1 fully saturated rings. The van der Waals surface area contributed by atoms with E-state index in [1.54, 1.807) is 19.9 Å². The van der Waals surface area contributed by atoms with Gasteiger partial charge in [0.2, 0.25) is 0 Å². The summed E-state index contributed by atoms with van der Waals surface area (Å²) in [6.45, 7) is 7.34. The zero-order chi connectivity index (χ0) is 20.4. The predicted octanol–water partition coefficient (Wildman–Crippen LogP) is 4.60. The van der Waals surface area contributed by atoms with Gasteiger partial charge in [-0.15, -0.1) is 0 Å². The van der Waals surface area contributed by atoms with Crippen LogP contribution in [0.25, 0.3) is 17.0 Å². The van der Waals surface area contributed by atoms with E-state index in [4.69, 9.17) is 4.74 Å². The van der Waals surface area contributed by atoms with E-state index in [1.165, 1.54) is 0 Å². The van der Waals surface area contributed by atoms with Crippen LogP contribution in [0.4, 0.5) is 4.79 Å². The third-order valence-corrected chi connectivity index (χ3v) is 5.56. The molecule has 2 amide bonds. The van der Waals surface area contributed by atoms with Crippen molar-refractivity contribution in [2.24, 2.45) is 0 Å². The predicted molar refractivity (Wildman–Crippen MR) is 111 cm³/mol. The number of carbonyl (C=O) groups excluding carboxylic acids is 3. The molecule has 0 spiro atoms. The van der Waals surface area contributed by atoms with Crippen LogP contribution in [0, 0.1) is 0 Å². The van der Waals surface area contributed by atoms with Crippen molar-refractivity contribution in [3.05, 3.63) is 40.9 Å². The number of esters is 1. The number of amides is 2. The Kier molecular flexibility index (Phi) is 5.93. The van der Waals surface area contributed by atoms with Crippen molar-refractivity contribution in [3.63, 3.8) is 0 Å². The highest BCUT2D eigenvalue weighted by Gasteiger charge is 2.37. The molecule has 148 valence electrons. The number of nitrogens with zero attached hydrogens (tertiary/aromatic N) is 2. The highest BCUT2D eigenvalue weighted by Crippen LogP contribution is 2.35. The molecule has 0 saturated carbocycles. The van der Waals surface area contributed by atoms with Crippen LogP contribution in [0.15, 0.2) is 35.4 Å². The highest BCUT2D eigenvalue weighted by atomic mass is 32.2. The summed E-state index contributed by atoms with van der Waals surface area (Å²) < 4.78 is 7.23. The molecule has 2 heterocycles. The van der Waals surface area contributed by atoms with Gasteiger partial charge in [-0.05, 0) is 51.1 Å². The number of hydrogen-bond donors (Lipinski definition) is 0. The summed E-state index contributed by atoms with van der Waals surface area (Å²) in [6.07, 6.45) is 4.43. The van der Waals surface area contributed by atoms with Crippen molar-refractivity contribution in [3.8, 4) is 0 Å². The molecule has 3 rings (SSSR count). The second-order valence-corrected chi connectivity index (χ2v) is 8.07. The Morgan fingerprint density at radius 3 is 2.61 bits per heavy atom. The summed E-state index contributed by atoms with van der Waals surface area (Å²) >= 11 is 0.851. The molecule has 1 aromatic carbocycles. The van der Waals surface area contributed by atoms with Gasteiger partial charge in [0.05, 0.1) is 11.0 Å². The zero-order valence-electron chi connectivity index (χ0n) is 16.5. The maximum absolute atomic E-state index is 12.7. The zero-order valence-corrected chi connectivity index (χ0v) is 17.3. The molecule has 1 saturated heterocycles. The first-order chi connectivity index (χ1) is 13.3. The van der Waals surface area contributed by atoms with Crippen LogP contribution in [-0.4, -0.2) is 39.2 Å². The second-order valence-electron chi connectivity index (χ2n) is 7.07. The van der Waals surface area contributed by atoms with Gasteiger partial charge in [-0.25, -0.2) is 0 Å². The maximum Gasteiger partial charge on any atom is 0.326 e. The second kappa shape index (κ2) is 8.22. The average molecular weight is 401 g/mol. The SMILES string of the molecule is CC[C@H](C)n1cc(/C=C2/SC(=O)N(CC(=O)OC(C)C)C2=O)c2ccccc21. The van der Waals surface area contributed by atoms with Crippen LogP contribution in [-0.2, 0) is 14.3 Å². The fraction of sp³-hybridized carbons (Fsp3) is 0.381. The lowest BCUT2D eigenvalue weighted by atomic mass is 10.1. The largest absolute Gasteiger partial charge is 0.462 e. The Balaban J connectivity index is 1.91. The van der Waals surface area contributed by atoms with Gasteiger partial charge in [0, 0.05) is 28.7 Å². The maximum atomic E-state index is 12.7. The first-order valence-electron chi connectivity index (χ1n) is 9.36. The minimum atomic E-state index is -0.591. The number of carbonyl (C=O) groups is 3. The van der Waals surface area contributed by atoms with Crippen molar-refractivity contribution in [1.29, 1.82) is 0 Å². The topological polar surface area (TPSA) is 68.6 Å². The van der Waals surface area contributed by atoms with Gasteiger partial charge in [-0.2, -0.15) is 0 Å². The molecule has 28 heavy (non-hydrogen) atoms. The van der Waals surface area contributed by atoms with Crippen LogP contribution < -0.4 is 0 Å². The standard InChI is InChI=1S/C21H24N2O4S/c1-5-14(4)22-11-15(16-8-6-7-9-17(16)22)10-18-20(25)23(21(26)28-18)12-19(24)27-13(2)3/h6-11,13-14H,5,12H2,1-4H3/b18-10+/t14-/m0/s1. The van der Waals surface area contributed by atoms with Crippen LogP contribution in [0.5, 0.6) is 0 Å². The molecule has 1 aliphatic rings. The summed E-state index contributed by atoms with van der Waals surface area (Å²) in [5.41, 5.74) is 1.97. The van der Waals surface area contributed by atoms with E-state index in [0.717, 1.165) is 39.5 Å². The fourth-order valence-corrected chi connectivity index (χ4v) is 3.94. The monoisotopic (exact) mass is 400 g/mol. The van der Waals surface area contributed by atoms with E-state index in [9.17, 15) is 14.4 Å². The third-order valence-electron chi connectivity index (χ3n) is 4.65. The lowest BCUT2D eigenvalue weighted by Gasteiger charge is -2.13. The molecule has 2 aromatic rings. The Morgan fingerprint density at radius 2 is 1.93 bits per heavy atom. The van der Waals surface area contributed by atoms with Crippen molar-refractivity contribution < 1.29 is 19.1 Å². The summed E-state index contributed by atoms with van der Waals surface area (Å²) in [7, 11) is 0. The first kappa shape index (κ1) is 20.2. The van der Waals surface area contributed by atoms with E-state index in [2.05, 4.69) is 18.4 Å². The number of rotatable bonds is 6. The molecule has 6 nitrogen and oxygen atoms in total. The number of ether oxygens (including phenoxy) is 1. The van der Waals surface area contributed by atoms with Gasteiger partial charge in [-0.3, -0.25) is 19.3 Å². The van der Waals surface area contributed by atoms with Crippen molar-refractivity contribution in [2.45, 2.75) is 46.3 Å². The van der Waals surface area contributed by atoms with Gasteiger partial charge < -0.3 is 9.30 Å². The Bertz CT molecular complexity index is 960. The molecule has 1 aliphatic heterocycles. The van der Waals surface area contributed by atoms with E-state index >= 15 is 0 Å². The molecule has 7 heteroatoms.